The number of thioether (sulfide) groups is 1. The highest BCUT2D eigenvalue weighted by molar-refractivity contribution is 8.14. The maximum absolute atomic E-state index is 12.6. The molecule has 0 aliphatic carbocycles. The summed E-state index contributed by atoms with van der Waals surface area (Å²) in [5.41, 5.74) is 0. The summed E-state index contributed by atoms with van der Waals surface area (Å²) in [5, 5.41) is 7.30. The van der Waals surface area contributed by atoms with Crippen LogP contribution in [0.1, 0.15) is 0 Å². The van der Waals surface area contributed by atoms with Gasteiger partial charge in [0.25, 0.3) is 11.5 Å². The molecule has 5 nitrogen and oxygen atoms in total. The first-order valence-corrected chi connectivity index (χ1v) is 3.88. The van der Waals surface area contributed by atoms with Crippen molar-refractivity contribution in [2.75, 3.05) is 5.75 Å². The maximum atomic E-state index is 12.6. The number of carboxylic acids is 1. The van der Waals surface area contributed by atoms with Gasteiger partial charge >= 0.3 is 5.97 Å². The van der Waals surface area contributed by atoms with Gasteiger partial charge in [0.2, 0.25) is 5.91 Å². The van der Waals surface area contributed by atoms with Gasteiger partial charge in [-0.3, -0.25) is 9.59 Å². The minimum absolute atomic E-state index is 0.104. The lowest BCUT2D eigenvalue weighted by Crippen LogP contribution is -2.41. The predicted molar refractivity (Wildman–Crippen MR) is 37.2 cm³/mol. The third-order valence-electron chi connectivity index (χ3n) is 1.21. The number of imide groups is 1. The summed E-state index contributed by atoms with van der Waals surface area (Å²) < 4.78 is 12.6. The monoisotopic (exact) mass is 193 g/mol. The summed E-state index contributed by atoms with van der Waals surface area (Å²) in [4.78, 5) is 31.6. The highest BCUT2D eigenvalue weighted by atomic mass is 32.2. The van der Waals surface area contributed by atoms with E-state index in [9.17, 15) is 18.8 Å². The molecule has 12 heavy (non-hydrogen) atoms. The van der Waals surface area contributed by atoms with Gasteiger partial charge in [0, 0.05) is 0 Å². The normalized spacial score (nSPS) is 19.9. The minimum atomic E-state index is -2.56. The van der Waals surface area contributed by atoms with Crippen molar-refractivity contribution in [3.05, 3.63) is 0 Å². The van der Waals surface area contributed by atoms with E-state index >= 15 is 0 Å². The number of alkyl halides is 1. The van der Waals surface area contributed by atoms with Crippen molar-refractivity contribution < 1.29 is 23.9 Å². The summed E-state index contributed by atoms with van der Waals surface area (Å²) in [7, 11) is 0. The standard InChI is InChI=1S/C5H4FNO4S/c6-3(4(9)10)7-2(8)1-12-5(7)11/h3H,1H2,(H,9,10). The average molecular weight is 193 g/mol. The Morgan fingerprint density at radius 1 is 1.67 bits per heavy atom. The van der Waals surface area contributed by atoms with E-state index in [0.29, 0.717) is 11.8 Å². The van der Waals surface area contributed by atoms with Gasteiger partial charge in [-0.1, -0.05) is 11.8 Å². The first-order chi connectivity index (χ1) is 5.54. The van der Waals surface area contributed by atoms with Crippen LogP contribution in [0, 0.1) is 0 Å². The number of rotatable bonds is 2. The number of amides is 2. The van der Waals surface area contributed by atoms with E-state index in [0.717, 1.165) is 0 Å². The lowest BCUT2D eigenvalue weighted by atomic mass is 10.5. The zero-order chi connectivity index (χ0) is 9.30. The van der Waals surface area contributed by atoms with E-state index in [1.807, 2.05) is 0 Å². The van der Waals surface area contributed by atoms with Gasteiger partial charge in [0.1, 0.15) is 0 Å². The van der Waals surface area contributed by atoms with E-state index in [2.05, 4.69) is 0 Å². The molecule has 0 aromatic carbocycles. The number of aliphatic carboxylic acids is 1. The highest BCUT2D eigenvalue weighted by Crippen LogP contribution is 2.21. The number of carboxylic acid groups (broad SMARTS) is 1. The molecular formula is C5H4FNO4S. The van der Waals surface area contributed by atoms with Crippen LogP contribution in [-0.4, -0.2) is 39.2 Å². The van der Waals surface area contributed by atoms with Crippen molar-refractivity contribution in [2.24, 2.45) is 0 Å². The number of carbonyl (C=O) groups is 3. The Labute approximate surface area is 70.5 Å². The smallest absolute Gasteiger partial charge is 0.360 e. The van der Waals surface area contributed by atoms with Crippen molar-refractivity contribution in [2.45, 2.75) is 6.30 Å². The van der Waals surface area contributed by atoms with E-state index < -0.39 is 23.4 Å². The Kier molecular flexibility index (Phi) is 2.32. The lowest BCUT2D eigenvalue weighted by Gasteiger charge is -2.13. The summed E-state index contributed by atoms with van der Waals surface area (Å²) in [6.07, 6.45) is -2.56. The third kappa shape index (κ3) is 1.40. The Balaban J connectivity index is 2.79. The number of nitrogens with zero attached hydrogens (tertiary/aromatic N) is 1. The molecule has 1 heterocycles. The van der Waals surface area contributed by atoms with Gasteiger partial charge in [-0.2, -0.15) is 0 Å². The highest BCUT2D eigenvalue weighted by Gasteiger charge is 2.39. The number of hydrogen-bond donors (Lipinski definition) is 1. The molecule has 7 heteroatoms. The quantitative estimate of drug-likeness (QED) is 0.628. The third-order valence-corrected chi connectivity index (χ3v) is 2.05. The van der Waals surface area contributed by atoms with Crippen molar-refractivity contribution in [3.8, 4) is 0 Å². The molecule has 1 N–H and O–H groups in total. The Morgan fingerprint density at radius 3 is 2.58 bits per heavy atom. The van der Waals surface area contributed by atoms with Gasteiger partial charge in [0.05, 0.1) is 5.75 Å². The maximum Gasteiger partial charge on any atom is 0.360 e. The Bertz CT molecular complexity index is 240. The van der Waals surface area contributed by atoms with Crippen LogP contribution in [0.5, 0.6) is 0 Å². The molecule has 1 rings (SSSR count). The van der Waals surface area contributed by atoms with Crippen LogP contribution >= 0.6 is 11.8 Å². The molecule has 1 atom stereocenters. The van der Waals surface area contributed by atoms with Crippen molar-refractivity contribution in [1.82, 2.24) is 4.90 Å². The van der Waals surface area contributed by atoms with Crippen LogP contribution in [-0.2, 0) is 9.59 Å². The van der Waals surface area contributed by atoms with E-state index in [4.69, 9.17) is 5.11 Å². The fourth-order valence-electron chi connectivity index (χ4n) is 0.694. The molecule has 0 saturated carbocycles. The first-order valence-electron chi connectivity index (χ1n) is 2.89. The fourth-order valence-corrected chi connectivity index (χ4v) is 1.41. The summed E-state index contributed by atoms with van der Waals surface area (Å²) in [6, 6.07) is 0. The second-order valence-electron chi connectivity index (χ2n) is 1.99. The van der Waals surface area contributed by atoms with Gasteiger partial charge in [-0.25, -0.2) is 14.1 Å². The van der Waals surface area contributed by atoms with Gasteiger partial charge in [-0.15, -0.1) is 0 Å². The molecular weight excluding hydrogens is 189 g/mol. The van der Waals surface area contributed by atoms with E-state index in [1.165, 1.54) is 0 Å². The van der Waals surface area contributed by atoms with Crippen LogP contribution in [0.2, 0.25) is 0 Å². The number of hydrogen-bond acceptors (Lipinski definition) is 4. The molecule has 66 valence electrons. The van der Waals surface area contributed by atoms with Gasteiger partial charge in [-0.05, 0) is 0 Å². The second kappa shape index (κ2) is 3.10. The molecule has 0 radical (unpaired) electrons. The van der Waals surface area contributed by atoms with Crippen LogP contribution in [0.4, 0.5) is 9.18 Å². The van der Waals surface area contributed by atoms with Gasteiger partial charge < -0.3 is 5.11 Å². The zero-order valence-corrected chi connectivity index (χ0v) is 6.51. The molecule has 1 aliphatic heterocycles. The largest absolute Gasteiger partial charge is 0.478 e. The first kappa shape index (κ1) is 8.98. The van der Waals surface area contributed by atoms with E-state index in [1.54, 1.807) is 0 Å². The van der Waals surface area contributed by atoms with Crippen LogP contribution < -0.4 is 0 Å². The zero-order valence-electron chi connectivity index (χ0n) is 5.69. The molecule has 2 amide bonds. The fraction of sp³-hybridized carbons (Fsp3) is 0.400. The van der Waals surface area contributed by atoms with Crippen molar-refractivity contribution in [3.63, 3.8) is 0 Å². The van der Waals surface area contributed by atoms with Crippen LogP contribution in [0.25, 0.3) is 0 Å². The van der Waals surface area contributed by atoms with E-state index in [-0.39, 0.29) is 10.7 Å². The summed E-state index contributed by atoms with van der Waals surface area (Å²) in [6.45, 7) is 0. The molecule has 0 aromatic rings. The summed E-state index contributed by atoms with van der Waals surface area (Å²) in [5.74, 6) is -2.83. The van der Waals surface area contributed by atoms with Crippen molar-refractivity contribution in [1.29, 1.82) is 0 Å². The van der Waals surface area contributed by atoms with Crippen LogP contribution in [0.15, 0.2) is 0 Å². The average Bonchev–Trinajstić information content (AvgIpc) is 2.30. The number of halogens is 1. The molecule has 0 aromatic heterocycles. The van der Waals surface area contributed by atoms with Crippen LogP contribution in [0.3, 0.4) is 0 Å². The number of carbonyl (C=O) groups excluding carboxylic acids is 2. The van der Waals surface area contributed by atoms with Crippen molar-refractivity contribution >= 4 is 28.9 Å². The Hall–Kier alpha value is -1.11. The second-order valence-corrected chi connectivity index (χ2v) is 2.92. The molecule has 1 unspecified atom stereocenters. The van der Waals surface area contributed by atoms with Gasteiger partial charge in [0.15, 0.2) is 0 Å². The Morgan fingerprint density at radius 2 is 2.25 bits per heavy atom. The predicted octanol–water partition coefficient (Wildman–Crippen LogP) is 0.0620. The summed E-state index contributed by atoms with van der Waals surface area (Å²) >= 11 is 0.593. The molecule has 0 bridgehead atoms. The molecule has 1 fully saturated rings. The minimum Gasteiger partial charge on any atom is -0.478 e. The lowest BCUT2D eigenvalue weighted by molar-refractivity contribution is -0.152. The molecule has 0 spiro atoms. The SMILES string of the molecule is O=C(O)C(F)N1C(=O)CSC1=O. The topological polar surface area (TPSA) is 74.7 Å². The molecule has 1 aliphatic rings. The molecule has 1 saturated heterocycles.